The van der Waals surface area contributed by atoms with Crippen molar-refractivity contribution in [3.8, 4) is 0 Å². The highest BCUT2D eigenvalue weighted by Gasteiger charge is 2.29. The van der Waals surface area contributed by atoms with E-state index in [1.165, 1.54) is 12.1 Å². The van der Waals surface area contributed by atoms with Crippen LogP contribution in [-0.4, -0.2) is 25.9 Å². The fourth-order valence-corrected chi connectivity index (χ4v) is 4.98. The summed E-state index contributed by atoms with van der Waals surface area (Å²) in [6, 6.07) is 7.90. The highest BCUT2D eigenvalue weighted by atomic mass is 35.5. The Morgan fingerprint density at radius 2 is 1.95 bits per heavy atom. The van der Waals surface area contributed by atoms with Gasteiger partial charge in [-0.15, -0.1) is 11.3 Å². The number of carbonyl (C=O) groups is 1. The highest BCUT2D eigenvalue weighted by Crippen LogP contribution is 2.30. The van der Waals surface area contributed by atoms with Crippen LogP contribution in [0.1, 0.15) is 22.3 Å². The molecule has 5 nitrogen and oxygen atoms in total. The maximum Gasteiger partial charge on any atom is 0.365 e. The van der Waals surface area contributed by atoms with Crippen LogP contribution in [0.5, 0.6) is 0 Å². The van der Waals surface area contributed by atoms with E-state index in [0.29, 0.717) is 21.9 Å². The summed E-state index contributed by atoms with van der Waals surface area (Å²) in [5.74, 6) is -0.646. The first-order valence-corrected chi connectivity index (χ1v) is 9.23. The molecule has 0 amide bonds. The van der Waals surface area contributed by atoms with Crippen LogP contribution < -0.4 is 0 Å². The van der Waals surface area contributed by atoms with Crippen molar-refractivity contribution in [1.82, 2.24) is 0 Å². The van der Waals surface area contributed by atoms with E-state index in [0.717, 1.165) is 11.3 Å². The molecular weight excluding hydrogens is 346 g/mol. The zero-order valence-electron chi connectivity index (χ0n) is 11.2. The van der Waals surface area contributed by atoms with Crippen LogP contribution in [0, 0.1) is 0 Å². The molecule has 1 aliphatic heterocycles. The number of fused-ring (bicyclic) bond motifs is 1. The maximum atomic E-state index is 11.9. The molecule has 2 heterocycles. The Morgan fingerprint density at radius 1 is 1.23 bits per heavy atom. The lowest BCUT2D eigenvalue weighted by atomic mass is 10.1. The molecule has 114 valence electrons. The average Bonchev–Trinajstić information content (AvgIpc) is 2.98. The number of carbonyl (C=O) groups excluding carboxylic acids is 1. The van der Waals surface area contributed by atoms with E-state index >= 15 is 0 Å². The molecule has 2 aromatic rings. The van der Waals surface area contributed by atoms with E-state index < -0.39 is 15.8 Å². The number of benzene rings is 1. The van der Waals surface area contributed by atoms with Gasteiger partial charge in [0.15, 0.2) is 9.84 Å². The van der Waals surface area contributed by atoms with Crippen LogP contribution in [0.3, 0.4) is 0 Å². The minimum Gasteiger partial charge on any atom is -0.313 e. The Kier molecular flexibility index (Phi) is 4.03. The molecule has 0 saturated carbocycles. The average molecular weight is 356 g/mol. The van der Waals surface area contributed by atoms with Gasteiger partial charge in [-0.05, 0) is 35.7 Å². The monoisotopic (exact) mass is 355 g/mol. The van der Waals surface area contributed by atoms with Crippen molar-refractivity contribution in [2.24, 2.45) is 5.16 Å². The van der Waals surface area contributed by atoms with E-state index in [9.17, 15) is 13.2 Å². The second-order valence-corrected chi connectivity index (χ2v) is 8.27. The fourth-order valence-electron chi connectivity index (χ4n) is 2.04. The molecule has 8 heteroatoms. The number of oxime groups is 1. The van der Waals surface area contributed by atoms with Crippen LogP contribution in [0.25, 0.3) is 0 Å². The Hall–Kier alpha value is -1.70. The van der Waals surface area contributed by atoms with Gasteiger partial charge in [0.2, 0.25) is 0 Å². The number of sulfone groups is 1. The first-order chi connectivity index (χ1) is 10.5. The normalized spacial score (nSPS) is 18.0. The summed E-state index contributed by atoms with van der Waals surface area (Å²) in [6.45, 7) is 0. The summed E-state index contributed by atoms with van der Waals surface area (Å²) in [5, 5.41) is 6.04. The quantitative estimate of drug-likeness (QED) is 0.612. The first-order valence-electron chi connectivity index (χ1n) is 6.32. The molecule has 3 rings (SSSR count). The van der Waals surface area contributed by atoms with E-state index in [2.05, 4.69) is 5.16 Å². The largest absolute Gasteiger partial charge is 0.365 e. The van der Waals surface area contributed by atoms with Gasteiger partial charge in [0, 0.05) is 17.0 Å². The molecule has 0 fully saturated rings. The van der Waals surface area contributed by atoms with Crippen LogP contribution in [-0.2, 0) is 14.7 Å². The van der Waals surface area contributed by atoms with Crippen molar-refractivity contribution in [3.63, 3.8) is 0 Å². The topological polar surface area (TPSA) is 72.8 Å². The van der Waals surface area contributed by atoms with Crippen LogP contribution in [0.2, 0.25) is 5.02 Å². The number of thiophene rings is 1. The Morgan fingerprint density at radius 3 is 2.68 bits per heavy atom. The van der Waals surface area contributed by atoms with Crippen molar-refractivity contribution >= 4 is 44.5 Å². The molecule has 0 atom stereocenters. The van der Waals surface area contributed by atoms with Gasteiger partial charge in [-0.2, -0.15) is 0 Å². The number of rotatable bonds is 2. The molecule has 0 unspecified atom stereocenters. The van der Waals surface area contributed by atoms with Crippen molar-refractivity contribution in [1.29, 1.82) is 0 Å². The zero-order valence-corrected chi connectivity index (χ0v) is 13.5. The third kappa shape index (κ3) is 2.92. The fraction of sp³-hybridized carbons (Fsp3) is 0.143. The van der Waals surface area contributed by atoms with Gasteiger partial charge in [0.1, 0.15) is 4.21 Å². The summed E-state index contributed by atoms with van der Waals surface area (Å²) in [7, 11) is -3.24. The van der Waals surface area contributed by atoms with Gasteiger partial charge in [-0.25, -0.2) is 13.2 Å². The Bertz CT molecular complexity index is 853. The minimum atomic E-state index is -3.24. The lowest BCUT2D eigenvalue weighted by molar-refractivity contribution is 0.0516. The lowest BCUT2D eigenvalue weighted by Crippen LogP contribution is -2.20. The zero-order chi connectivity index (χ0) is 15.7. The third-order valence-corrected chi connectivity index (χ3v) is 6.68. The standard InChI is InChI=1S/C14H10ClNO4S2/c15-10-3-1-9(2-4-10)13(17)20-16-12-6-8-22(18,19)14-11(12)5-7-21-14/h1-5,7H,6,8H2. The van der Waals surface area contributed by atoms with E-state index in [1.807, 2.05) is 0 Å². The van der Waals surface area contributed by atoms with Crippen LogP contribution in [0.4, 0.5) is 0 Å². The number of nitrogens with zero attached hydrogens (tertiary/aromatic N) is 1. The second kappa shape index (κ2) is 5.83. The van der Waals surface area contributed by atoms with E-state index in [1.54, 1.807) is 23.6 Å². The summed E-state index contributed by atoms with van der Waals surface area (Å²) < 4.78 is 24.1. The second-order valence-electron chi connectivity index (χ2n) is 4.61. The predicted octanol–water partition coefficient (Wildman–Crippen LogP) is 3.14. The van der Waals surface area contributed by atoms with E-state index in [4.69, 9.17) is 16.4 Å². The Labute approximate surface area is 136 Å². The van der Waals surface area contributed by atoms with Crippen LogP contribution >= 0.6 is 22.9 Å². The molecular formula is C14H10ClNO4S2. The van der Waals surface area contributed by atoms with E-state index in [-0.39, 0.29) is 16.4 Å². The molecule has 1 aromatic heterocycles. The first kappa shape index (κ1) is 15.2. The smallest absolute Gasteiger partial charge is 0.313 e. The molecule has 0 spiro atoms. The number of hydrogen-bond donors (Lipinski definition) is 0. The SMILES string of the molecule is O=C(ON=C1CCS(=O)(=O)c2sccc21)c1ccc(Cl)cc1. The van der Waals surface area contributed by atoms with Gasteiger partial charge < -0.3 is 4.84 Å². The number of halogens is 1. The van der Waals surface area contributed by atoms with Crippen molar-refractivity contribution in [3.05, 3.63) is 51.9 Å². The Balaban J connectivity index is 1.82. The molecule has 0 radical (unpaired) electrons. The summed E-state index contributed by atoms with van der Waals surface area (Å²) in [6.07, 6.45) is 0.222. The maximum absolute atomic E-state index is 11.9. The van der Waals surface area contributed by atoms with Gasteiger partial charge in [-0.1, -0.05) is 16.8 Å². The summed E-state index contributed by atoms with van der Waals surface area (Å²) in [5.41, 5.74) is 1.30. The highest BCUT2D eigenvalue weighted by molar-refractivity contribution is 7.93. The van der Waals surface area contributed by atoms with Gasteiger partial charge in [-0.3, -0.25) is 0 Å². The molecule has 0 bridgehead atoms. The molecule has 0 aliphatic carbocycles. The molecule has 1 aromatic carbocycles. The number of hydrogen-bond acceptors (Lipinski definition) is 6. The minimum absolute atomic E-state index is 0.0299. The molecule has 0 saturated heterocycles. The van der Waals surface area contributed by atoms with Crippen molar-refractivity contribution in [2.75, 3.05) is 5.75 Å². The van der Waals surface area contributed by atoms with Gasteiger partial charge >= 0.3 is 5.97 Å². The summed E-state index contributed by atoms with van der Waals surface area (Å²) in [4.78, 5) is 16.8. The predicted molar refractivity (Wildman–Crippen MR) is 84.4 cm³/mol. The third-order valence-electron chi connectivity index (χ3n) is 3.15. The van der Waals surface area contributed by atoms with Gasteiger partial charge in [0.25, 0.3) is 0 Å². The van der Waals surface area contributed by atoms with Gasteiger partial charge in [0.05, 0.1) is 17.0 Å². The lowest BCUT2D eigenvalue weighted by Gasteiger charge is -2.13. The molecule has 1 aliphatic rings. The summed E-state index contributed by atoms with van der Waals surface area (Å²) >= 11 is 6.89. The molecule has 0 N–H and O–H groups in total. The van der Waals surface area contributed by atoms with Crippen molar-refractivity contribution < 1.29 is 18.0 Å². The molecule has 22 heavy (non-hydrogen) atoms. The van der Waals surface area contributed by atoms with Crippen LogP contribution in [0.15, 0.2) is 45.1 Å². The van der Waals surface area contributed by atoms with Crippen molar-refractivity contribution in [2.45, 2.75) is 10.6 Å².